The fraction of sp³-hybridized carbons (Fsp3) is 0.455. The molecule has 102 valence electrons. The lowest BCUT2D eigenvalue weighted by atomic mass is 10.2. The Hall–Kier alpha value is -0.170. The minimum atomic E-state index is -3.33. The first-order valence-electron chi connectivity index (χ1n) is 5.42. The van der Waals surface area contributed by atoms with Crippen LogP contribution in [0, 0.1) is 5.82 Å². The third kappa shape index (κ3) is 5.65. The summed E-state index contributed by atoms with van der Waals surface area (Å²) in [4.78, 5) is 0. The van der Waals surface area contributed by atoms with Crippen molar-refractivity contribution in [2.75, 3.05) is 11.6 Å². The zero-order valence-electron chi connectivity index (χ0n) is 9.63. The summed E-state index contributed by atoms with van der Waals surface area (Å²) in [6.45, 7) is 0.0710. The number of alkyl halides is 1. The molecule has 0 bridgehead atoms. The van der Waals surface area contributed by atoms with Gasteiger partial charge in [0.25, 0.3) is 0 Å². The fourth-order valence-corrected chi connectivity index (χ4v) is 3.00. The molecule has 0 fully saturated rings. The molecule has 0 aliphatic heterocycles. The average Bonchev–Trinajstić information content (AvgIpc) is 2.31. The van der Waals surface area contributed by atoms with E-state index in [-0.39, 0.29) is 12.3 Å². The second-order valence-electron chi connectivity index (χ2n) is 3.77. The van der Waals surface area contributed by atoms with Crippen LogP contribution < -0.4 is 4.72 Å². The quantitative estimate of drug-likeness (QED) is 0.601. The Balaban J connectivity index is 2.56. The Bertz CT molecular complexity index is 496. The maximum atomic E-state index is 13.0. The lowest BCUT2D eigenvalue weighted by Crippen LogP contribution is -2.26. The molecule has 0 radical (unpaired) electrons. The highest BCUT2D eigenvalue weighted by Crippen LogP contribution is 2.17. The molecule has 0 spiro atoms. The summed E-state index contributed by atoms with van der Waals surface area (Å²) in [5, 5.41) is 0. The van der Waals surface area contributed by atoms with E-state index in [9.17, 15) is 12.8 Å². The zero-order valence-corrected chi connectivity index (χ0v) is 12.8. The highest BCUT2D eigenvalue weighted by atomic mass is 79.9. The van der Waals surface area contributed by atoms with Gasteiger partial charge in [-0.25, -0.2) is 17.5 Å². The van der Waals surface area contributed by atoms with Crippen LogP contribution in [-0.4, -0.2) is 20.1 Å². The number of sulfonamides is 1. The SMILES string of the molecule is O=S(=O)(CCCCCl)NCc1cc(F)ccc1Br. The largest absolute Gasteiger partial charge is 0.212 e. The van der Waals surface area contributed by atoms with Crippen molar-refractivity contribution >= 4 is 37.6 Å². The molecule has 18 heavy (non-hydrogen) atoms. The van der Waals surface area contributed by atoms with Crippen molar-refractivity contribution in [1.29, 1.82) is 0 Å². The molecule has 3 nitrogen and oxygen atoms in total. The lowest BCUT2D eigenvalue weighted by molar-refractivity contribution is 0.577. The van der Waals surface area contributed by atoms with Crippen molar-refractivity contribution in [2.24, 2.45) is 0 Å². The molecule has 1 aromatic carbocycles. The minimum absolute atomic E-state index is 0.0344. The molecule has 7 heteroatoms. The van der Waals surface area contributed by atoms with E-state index in [2.05, 4.69) is 20.7 Å². The van der Waals surface area contributed by atoms with E-state index in [0.717, 1.165) is 0 Å². The number of hydrogen-bond donors (Lipinski definition) is 1. The standard InChI is InChI=1S/C11H14BrClFNO2S/c12-11-4-3-10(14)7-9(11)8-15-18(16,17)6-2-1-5-13/h3-4,7,15H,1-2,5-6,8H2. The van der Waals surface area contributed by atoms with E-state index < -0.39 is 15.8 Å². The molecule has 1 rings (SSSR count). The second-order valence-corrected chi connectivity index (χ2v) is 6.93. The van der Waals surface area contributed by atoms with Crippen LogP contribution in [0.2, 0.25) is 0 Å². The normalized spacial score (nSPS) is 11.7. The first-order chi connectivity index (χ1) is 8.44. The van der Waals surface area contributed by atoms with Gasteiger partial charge in [0.1, 0.15) is 5.82 Å². The molecule has 0 aliphatic rings. The Morgan fingerprint density at radius 3 is 2.72 bits per heavy atom. The van der Waals surface area contributed by atoms with Gasteiger partial charge in [-0.05, 0) is 36.6 Å². The van der Waals surface area contributed by atoms with Gasteiger partial charge in [-0.3, -0.25) is 0 Å². The third-order valence-electron chi connectivity index (χ3n) is 2.29. The number of rotatable bonds is 7. The van der Waals surface area contributed by atoms with Gasteiger partial charge >= 0.3 is 0 Å². The fourth-order valence-electron chi connectivity index (χ4n) is 1.33. The smallest absolute Gasteiger partial charge is 0.211 e. The van der Waals surface area contributed by atoms with Gasteiger partial charge in [-0.2, -0.15) is 0 Å². The topological polar surface area (TPSA) is 46.2 Å². The van der Waals surface area contributed by atoms with Crippen molar-refractivity contribution in [2.45, 2.75) is 19.4 Å². The highest BCUT2D eigenvalue weighted by molar-refractivity contribution is 9.10. The Labute approximate surface area is 120 Å². The lowest BCUT2D eigenvalue weighted by Gasteiger charge is -2.08. The summed E-state index contributed by atoms with van der Waals surface area (Å²) in [7, 11) is -3.33. The van der Waals surface area contributed by atoms with Crippen molar-refractivity contribution in [3.8, 4) is 0 Å². The summed E-state index contributed by atoms with van der Waals surface area (Å²) in [5.74, 6) is 0.0898. The number of nitrogens with one attached hydrogen (secondary N) is 1. The molecule has 0 amide bonds. The number of halogens is 3. The number of benzene rings is 1. The van der Waals surface area contributed by atoms with Gasteiger partial charge < -0.3 is 0 Å². The van der Waals surface area contributed by atoms with E-state index in [1.165, 1.54) is 12.1 Å². The van der Waals surface area contributed by atoms with Crippen molar-refractivity contribution in [1.82, 2.24) is 4.72 Å². The molecule has 0 aliphatic carbocycles. The van der Waals surface area contributed by atoms with E-state index in [4.69, 9.17) is 11.6 Å². The third-order valence-corrected chi connectivity index (χ3v) is 4.74. The number of unbranched alkanes of at least 4 members (excludes halogenated alkanes) is 1. The van der Waals surface area contributed by atoms with Crippen LogP contribution in [0.4, 0.5) is 4.39 Å². The second kappa shape index (κ2) is 7.43. The molecular weight excluding hydrogens is 345 g/mol. The maximum absolute atomic E-state index is 13.0. The maximum Gasteiger partial charge on any atom is 0.211 e. The predicted octanol–water partition coefficient (Wildman–Crippen LogP) is 3.03. The van der Waals surface area contributed by atoms with Crippen molar-refractivity contribution in [3.63, 3.8) is 0 Å². The summed E-state index contributed by atoms with van der Waals surface area (Å²) >= 11 is 8.72. The first kappa shape index (κ1) is 15.9. The summed E-state index contributed by atoms with van der Waals surface area (Å²) in [5.41, 5.74) is 0.566. The van der Waals surface area contributed by atoms with E-state index in [1.807, 2.05) is 0 Å². The number of hydrogen-bond acceptors (Lipinski definition) is 2. The Morgan fingerprint density at radius 2 is 2.06 bits per heavy atom. The van der Waals surface area contributed by atoms with Crippen LogP contribution in [0.15, 0.2) is 22.7 Å². The molecule has 1 aromatic rings. The van der Waals surface area contributed by atoms with Crippen LogP contribution in [0.5, 0.6) is 0 Å². The summed E-state index contributed by atoms with van der Waals surface area (Å²) in [6, 6.07) is 4.15. The Morgan fingerprint density at radius 1 is 1.33 bits per heavy atom. The van der Waals surface area contributed by atoms with Crippen LogP contribution in [0.3, 0.4) is 0 Å². The van der Waals surface area contributed by atoms with Gasteiger partial charge in [0, 0.05) is 16.9 Å². The highest BCUT2D eigenvalue weighted by Gasteiger charge is 2.11. The van der Waals surface area contributed by atoms with Gasteiger partial charge in [0.15, 0.2) is 0 Å². The Kier molecular flexibility index (Phi) is 6.55. The molecule has 0 atom stereocenters. The van der Waals surface area contributed by atoms with Crippen LogP contribution in [0.1, 0.15) is 18.4 Å². The van der Waals surface area contributed by atoms with E-state index in [0.29, 0.717) is 28.8 Å². The predicted molar refractivity (Wildman–Crippen MR) is 74.7 cm³/mol. The van der Waals surface area contributed by atoms with Gasteiger partial charge in [0.05, 0.1) is 5.75 Å². The first-order valence-corrected chi connectivity index (χ1v) is 8.40. The zero-order chi connectivity index (χ0) is 13.6. The van der Waals surface area contributed by atoms with Crippen molar-refractivity contribution < 1.29 is 12.8 Å². The molecule has 0 unspecified atom stereocenters. The van der Waals surface area contributed by atoms with Crippen LogP contribution in [-0.2, 0) is 16.6 Å². The van der Waals surface area contributed by atoms with Crippen LogP contribution in [0.25, 0.3) is 0 Å². The molecular formula is C11H14BrClFNO2S. The monoisotopic (exact) mass is 357 g/mol. The molecule has 0 saturated carbocycles. The van der Waals surface area contributed by atoms with E-state index in [1.54, 1.807) is 6.07 Å². The van der Waals surface area contributed by atoms with E-state index >= 15 is 0 Å². The average molecular weight is 359 g/mol. The van der Waals surface area contributed by atoms with Crippen molar-refractivity contribution in [3.05, 3.63) is 34.1 Å². The summed E-state index contributed by atoms with van der Waals surface area (Å²) in [6.07, 6.45) is 1.18. The van der Waals surface area contributed by atoms with Gasteiger partial charge in [-0.1, -0.05) is 15.9 Å². The molecule has 0 heterocycles. The minimum Gasteiger partial charge on any atom is -0.212 e. The molecule has 0 saturated heterocycles. The van der Waals surface area contributed by atoms with Gasteiger partial charge in [-0.15, -0.1) is 11.6 Å². The molecule has 0 aromatic heterocycles. The molecule has 1 N–H and O–H groups in total. The summed E-state index contributed by atoms with van der Waals surface area (Å²) < 4.78 is 39.3. The van der Waals surface area contributed by atoms with Crippen LogP contribution >= 0.6 is 27.5 Å². The van der Waals surface area contributed by atoms with Gasteiger partial charge in [0.2, 0.25) is 10.0 Å².